The molecule has 1 aliphatic rings. The second-order valence-electron chi connectivity index (χ2n) is 4.24. The molecule has 0 radical (unpaired) electrons. The average Bonchev–Trinajstić information content (AvgIpc) is 3.08. The molecule has 0 heterocycles. The fourth-order valence-corrected chi connectivity index (χ4v) is 1.29. The number of methoxy groups -OCH3 is 1. The van der Waals surface area contributed by atoms with Gasteiger partial charge in [0.2, 0.25) is 11.8 Å². The molecule has 6 nitrogen and oxygen atoms in total. The third-order valence-electron chi connectivity index (χ3n) is 2.46. The third-order valence-corrected chi connectivity index (χ3v) is 2.46. The summed E-state index contributed by atoms with van der Waals surface area (Å²) < 4.78 is 4.84. The Morgan fingerprint density at radius 1 is 1.41 bits per heavy atom. The first-order valence-corrected chi connectivity index (χ1v) is 5.93. The number of carbonyl (C=O) groups excluding carboxylic acids is 2. The van der Waals surface area contributed by atoms with Crippen molar-refractivity contribution in [3.8, 4) is 0 Å². The van der Waals surface area contributed by atoms with Crippen LogP contribution in [0, 0.1) is 0 Å². The van der Waals surface area contributed by atoms with Gasteiger partial charge >= 0.3 is 0 Å². The lowest BCUT2D eigenvalue weighted by Gasteiger charge is -2.14. The van der Waals surface area contributed by atoms with E-state index in [2.05, 4.69) is 16.0 Å². The van der Waals surface area contributed by atoms with Gasteiger partial charge in [0.05, 0.1) is 13.2 Å². The number of hydrogen-bond donors (Lipinski definition) is 3. The molecule has 1 saturated carbocycles. The van der Waals surface area contributed by atoms with Gasteiger partial charge in [0.1, 0.15) is 6.04 Å². The quantitative estimate of drug-likeness (QED) is 0.478. The molecule has 1 atom stereocenters. The number of hydrogen-bond acceptors (Lipinski definition) is 4. The van der Waals surface area contributed by atoms with Crippen LogP contribution < -0.4 is 16.0 Å². The molecule has 3 N–H and O–H groups in total. The van der Waals surface area contributed by atoms with Crippen LogP contribution in [0.5, 0.6) is 0 Å². The van der Waals surface area contributed by atoms with Gasteiger partial charge in [0.15, 0.2) is 0 Å². The smallest absolute Gasteiger partial charge is 0.242 e. The Morgan fingerprint density at radius 3 is 2.71 bits per heavy atom. The summed E-state index contributed by atoms with van der Waals surface area (Å²) in [6.45, 7) is 3.06. The molecule has 1 rings (SSSR count). The molecule has 1 unspecified atom stereocenters. The van der Waals surface area contributed by atoms with Crippen LogP contribution in [0.2, 0.25) is 0 Å². The maximum absolute atomic E-state index is 11.5. The second-order valence-corrected chi connectivity index (χ2v) is 4.24. The summed E-state index contributed by atoms with van der Waals surface area (Å²) in [6.07, 6.45) is 2.09. The fourth-order valence-electron chi connectivity index (χ4n) is 1.29. The number of nitrogens with one attached hydrogen (secondary N) is 3. The lowest BCUT2D eigenvalue weighted by Crippen LogP contribution is -2.48. The summed E-state index contributed by atoms with van der Waals surface area (Å²) in [5, 5.41) is 8.39. The van der Waals surface area contributed by atoms with E-state index in [0.29, 0.717) is 19.2 Å². The zero-order valence-corrected chi connectivity index (χ0v) is 10.4. The highest BCUT2D eigenvalue weighted by Crippen LogP contribution is 2.18. The van der Waals surface area contributed by atoms with Crippen LogP contribution in [0.1, 0.15) is 19.8 Å². The molecule has 0 saturated heterocycles. The maximum atomic E-state index is 11.5. The Bertz CT molecular complexity index is 267. The Labute approximate surface area is 101 Å². The van der Waals surface area contributed by atoms with Crippen LogP contribution in [0.15, 0.2) is 0 Å². The van der Waals surface area contributed by atoms with Crippen molar-refractivity contribution in [3.63, 3.8) is 0 Å². The summed E-state index contributed by atoms with van der Waals surface area (Å²) in [5.41, 5.74) is 0. The Morgan fingerprint density at radius 2 is 2.12 bits per heavy atom. The molecule has 6 heteroatoms. The lowest BCUT2D eigenvalue weighted by molar-refractivity contribution is -0.128. The minimum atomic E-state index is -0.479. The van der Waals surface area contributed by atoms with Crippen molar-refractivity contribution < 1.29 is 14.3 Å². The molecule has 98 valence electrons. The summed E-state index contributed by atoms with van der Waals surface area (Å²) in [5.74, 6) is -0.294. The standard InChI is InChI=1S/C11H21N3O3/c1-8(11(16)14-9-3-4-9)13-10(15)7-12-5-6-17-2/h8-9,12H,3-7H2,1-2H3,(H,13,15)(H,14,16). The van der Waals surface area contributed by atoms with Crippen molar-refractivity contribution in [1.29, 1.82) is 0 Å². The molecule has 2 amide bonds. The summed E-state index contributed by atoms with van der Waals surface area (Å²) in [6, 6.07) is -0.158. The normalized spacial score (nSPS) is 16.4. The molecular formula is C11H21N3O3. The molecule has 0 aliphatic heterocycles. The Kier molecular flexibility index (Phi) is 5.93. The largest absolute Gasteiger partial charge is 0.383 e. The zero-order chi connectivity index (χ0) is 12.7. The van der Waals surface area contributed by atoms with E-state index >= 15 is 0 Å². The average molecular weight is 243 g/mol. The van der Waals surface area contributed by atoms with E-state index in [1.165, 1.54) is 0 Å². The van der Waals surface area contributed by atoms with Crippen molar-refractivity contribution in [3.05, 3.63) is 0 Å². The first-order chi connectivity index (χ1) is 8.13. The van der Waals surface area contributed by atoms with Crippen LogP contribution in [0.4, 0.5) is 0 Å². The van der Waals surface area contributed by atoms with Crippen molar-refractivity contribution >= 4 is 11.8 Å². The van der Waals surface area contributed by atoms with Crippen LogP contribution >= 0.6 is 0 Å². The van der Waals surface area contributed by atoms with E-state index in [9.17, 15) is 9.59 Å². The monoisotopic (exact) mass is 243 g/mol. The highest BCUT2D eigenvalue weighted by Gasteiger charge is 2.25. The van der Waals surface area contributed by atoms with Gasteiger partial charge in [-0.15, -0.1) is 0 Å². The highest BCUT2D eigenvalue weighted by atomic mass is 16.5. The van der Waals surface area contributed by atoms with Gasteiger partial charge < -0.3 is 20.7 Å². The Hall–Kier alpha value is -1.14. The molecule has 17 heavy (non-hydrogen) atoms. The second kappa shape index (κ2) is 7.24. The van der Waals surface area contributed by atoms with Gasteiger partial charge in [0, 0.05) is 19.7 Å². The van der Waals surface area contributed by atoms with Crippen LogP contribution in [0.25, 0.3) is 0 Å². The van der Waals surface area contributed by atoms with Gasteiger partial charge in [-0.2, -0.15) is 0 Å². The summed E-state index contributed by atoms with van der Waals surface area (Å²) in [7, 11) is 1.60. The predicted molar refractivity (Wildman–Crippen MR) is 63.5 cm³/mol. The van der Waals surface area contributed by atoms with Gasteiger partial charge in [-0.1, -0.05) is 0 Å². The Balaban J connectivity index is 2.08. The van der Waals surface area contributed by atoms with E-state index in [1.807, 2.05) is 0 Å². The van der Waals surface area contributed by atoms with Crippen LogP contribution in [-0.4, -0.2) is 50.7 Å². The van der Waals surface area contributed by atoms with Gasteiger partial charge in [-0.25, -0.2) is 0 Å². The number of rotatable bonds is 8. The fraction of sp³-hybridized carbons (Fsp3) is 0.818. The molecule has 0 aromatic heterocycles. The molecule has 1 aliphatic carbocycles. The number of carbonyl (C=O) groups is 2. The molecule has 0 spiro atoms. The van der Waals surface area contributed by atoms with Crippen LogP contribution in [0.3, 0.4) is 0 Å². The molecule has 0 aromatic rings. The highest BCUT2D eigenvalue weighted by molar-refractivity contribution is 5.88. The SMILES string of the molecule is COCCNCC(=O)NC(C)C(=O)NC1CC1. The van der Waals surface area contributed by atoms with Crippen molar-refractivity contribution in [2.45, 2.75) is 31.8 Å². The molecule has 1 fully saturated rings. The van der Waals surface area contributed by atoms with Crippen LogP contribution in [-0.2, 0) is 14.3 Å². The summed E-state index contributed by atoms with van der Waals surface area (Å²) >= 11 is 0. The third kappa shape index (κ3) is 6.23. The summed E-state index contributed by atoms with van der Waals surface area (Å²) in [4.78, 5) is 23.0. The molecule has 0 bridgehead atoms. The first-order valence-electron chi connectivity index (χ1n) is 5.93. The van der Waals surface area contributed by atoms with Crippen molar-refractivity contribution in [1.82, 2.24) is 16.0 Å². The van der Waals surface area contributed by atoms with E-state index in [-0.39, 0.29) is 18.4 Å². The minimum Gasteiger partial charge on any atom is -0.383 e. The van der Waals surface area contributed by atoms with Crippen molar-refractivity contribution in [2.24, 2.45) is 0 Å². The first kappa shape index (κ1) is 13.9. The minimum absolute atomic E-state index is 0.113. The van der Waals surface area contributed by atoms with Gasteiger partial charge in [-0.3, -0.25) is 9.59 Å². The molecular weight excluding hydrogens is 222 g/mol. The lowest BCUT2D eigenvalue weighted by atomic mass is 10.3. The predicted octanol–water partition coefficient (Wildman–Crippen LogP) is -0.994. The van der Waals surface area contributed by atoms with Gasteiger partial charge in [0.25, 0.3) is 0 Å². The number of ether oxygens (including phenoxy) is 1. The van der Waals surface area contributed by atoms with E-state index in [0.717, 1.165) is 12.8 Å². The zero-order valence-electron chi connectivity index (χ0n) is 10.4. The van der Waals surface area contributed by atoms with Gasteiger partial charge in [-0.05, 0) is 19.8 Å². The molecule has 0 aromatic carbocycles. The van der Waals surface area contributed by atoms with E-state index in [1.54, 1.807) is 14.0 Å². The van der Waals surface area contributed by atoms with E-state index < -0.39 is 6.04 Å². The van der Waals surface area contributed by atoms with E-state index in [4.69, 9.17) is 4.74 Å². The maximum Gasteiger partial charge on any atom is 0.242 e. The number of amides is 2. The topological polar surface area (TPSA) is 79.5 Å². The van der Waals surface area contributed by atoms with Crippen molar-refractivity contribution in [2.75, 3.05) is 26.8 Å².